The molecule has 1 aromatic carbocycles. The van der Waals surface area contributed by atoms with E-state index in [0.29, 0.717) is 15.8 Å². The minimum Gasteiger partial charge on any atom is -0.506 e. The first-order chi connectivity index (χ1) is 7.45. The van der Waals surface area contributed by atoms with Crippen LogP contribution < -0.4 is 10.5 Å². The first-order valence-electron chi connectivity index (χ1n) is 4.49. The Balaban J connectivity index is 3.03. The number of hydrogen-bond acceptors (Lipinski definition) is 4. The predicted octanol–water partition coefficient (Wildman–Crippen LogP) is 1.12. The van der Waals surface area contributed by atoms with Crippen LogP contribution in [0.3, 0.4) is 0 Å². The van der Waals surface area contributed by atoms with Gasteiger partial charge in [-0.1, -0.05) is 0 Å². The normalized spacial score (nSPS) is 12.2. The number of methoxy groups -OCH3 is 1. The van der Waals surface area contributed by atoms with Crippen molar-refractivity contribution in [3.8, 4) is 11.5 Å². The van der Waals surface area contributed by atoms with Gasteiger partial charge in [0.1, 0.15) is 17.5 Å². The second kappa shape index (κ2) is 5.18. The monoisotopic (exact) mass is 289 g/mol. The Bertz CT molecular complexity index is 408. The van der Waals surface area contributed by atoms with Gasteiger partial charge in [0.15, 0.2) is 0 Å². The smallest absolute Gasteiger partial charge is 0.320 e. The summed E-state index contributed by atoms with van der Waals surface area (Å²) in [6.45, 7) is 0. The van der Waals surface area contributed by atoms with E-state index in [2.05, 4.69) is 15.9 Å². The summed E-state index contributed by atoms with van der Waals surface area (Å²) in [5.41, 5.74) is 5.82. The molecule has 0 heterocycles. The molecule has 0 spiro atoms. The van der Waals surface area contributed by atoms with Crippen molar-refractivity contribution in [2.24, 2.45) is 5.73 Å². The molecule has 0 aliphatic heterocycles. The van der Waals surface area contributed by atoms with Crippen LogP contribution in [0.15, 0.2) is 16.6 Å². The molecule has 0 aromatic heterocycles. The lowest BCUT2D eigenvalue weighted by molar-refractivity contribution is -0.138. The third-order valence-corrected chi connectivity index (χ3v) is 2.71. The second-order valence-corrected chi connectivity index (χ2v) is 4.12. The van der Waals surface area contributed by atoms with Gasteiger partial charge in [-0.25, -0.2) is 0 Å². The molecular weight excluding hydrogens is 278 g/mol. The number of phenolic OH excluding ortho intramolecular Hbond substituents is 1. The van der Waals surface area contributed by atoms with E-state index in [1.807, 2.05) is 0 Å². The van der Waals surface area contributed by atoms with Crippen LogP contribution in [0.25, 0.3) is 0 Å². The zero-order chi connectivity index (χ0) is 12.3. The summed E-state index contributed by atoms with van der Waals surface area (Å²) in [4.78, 5) is 10.6. The average molecular weight is 290 g/mol. The van der Waals surface area contributed by atoms with E-state index in [9.17, 15) is 9.90 Å². The maximum absolute atomic E-state index is 10.6. The lowest BCUT2D eigenvalue weighted by Gasteiger charge is -2.11. The van der Waals surface area contributed by atoms with Crippen LogP contribution in [0.4, 0.5) is 0 Å². The summed E-state index contributed by atoms with van der Waals surface area (Å²) >= 11 is 3.15. The number of aliphatic carboxylic acids is 1. The summed E-state index contributed by atoms with van der Waals surface area (Å²) in [6.07, 6.45) is 0.0387. The predicted molar refractivity (Wildman–Crippen MR) is 61.7 cm³/mol. The minimum atomic E-state index is -1.11. The van der Waals surface area contributed by atoms with Crippen molar-refractivity contribution in [2.75, 3.05) is 7.11 Å². The van der Waals surface area contributed by atoms with Crippen molar-refractivity contribution < 1.29 is 19.7 Å². The molecule has 88 valence electrons. The molecule has 4 N–H and O–H groups in total. The zero-order valence-corrected chi connectivity index (χ0v) is 10.2. The molecule has 5 nitrogen and oxygen atoms in total. The highest BCUT2D eigenvalue weighted by atomic mass is 79.9. The molecule has 0 bridgehead atoms. The molecule has 0 aliphatic rings. The van der Waals surface area contributed by atoms with Crippen molar-refractivity contribution in [3.63, 3.8) is 0 Å². The van der Waals surface area contributed by atoms with Crippen molar-refractivity contribution in [1.82, 2.24) is 0 Å². The van der Waals surface area contributed by atoms with Crippen LogP contribution in [0.1, 0.15) is 5.56 Å². The molecule has 0 aliphatic carbocycles. The van der Waals surface area contributed by atoms with E-state index in [1.54, 1.807) is 12.1 Å². The number of ether oxygens (including phenoxy) is 1. The topological polar surface area (TPSA) is 92.8 Å². The van der Waals surface area contributed by atoms with Crippen LogP contribution in [-0.4, -0.2) is 29.3 Å². The Hall–Kier alpha value is -1.27. The number of carbonyl (C=O) groups is 1. The maximum Gasteiger partial charge on any atom is 0.320 e. The van der Waals surface area contributed by atoms with Crippen molar-refractivity contribution in [2.45, 2.75) is 12.5 Å². The van der Waals surface area contributed by atoms with Crippen LogP contribution in [0.2, 0.25) is 0 Å². The molecule has 0 fully saturated rings. The summed E-state index contributed by atoms with van der Waals surface area (Å²) in [5.74, 6) is -0.604. The Morgan fingerprint density at radius 3 is 2.75 bits per heavy atom. The van der Waals surface area contributed by atoms with Crippen LogP contribution in [0, 0.1) is 0 Å². The van der Waals surface area contributed by atoms with E-state index in [4.69, 9.17) is 15.6 Å². The average Bonchev–Trinajstić information content (AvgIpc) is 2.24. The lowest BCUT2D eigenvalue weighted by Crippen LogP contribution is -2.32. The van der Waals surface area contributed by atoms with Gasteiger partial charge in [0.2, 0.25) is 0 Å². The summed E-state index contributed by atoms with van der Waals surface area (Å²) in [6, 6.07) is 2.10. The van der Waals surface area contributed by atoms with Crippen molar-refractivity contribution in [3.05, 3.63) is 22.2 Å². The molecule has 0 saturated heterocycles. The number of carboxylic acid groups (broad SMARTS) is 1. The summed E-state index contributed by atoms with van der Waals surface area (Å²) < 4.78 is 5.45. The molecule has 0 saturated carbocycles. The fraction of sp³-hybridized carbons (Fsp3) is 0.300. The number of phenols is 1. The van der Waals surface area contributed by atoms with Crippen molar-refractivity contribution in [1.29, 1.82) is 0 Å². The van der Waals surface area contributed by atoms with E-state index < -0.39 is 12.0 Å². The van der Waals surface area contributed by atoms with Gasteiger partial charge in [0, 0.05) is 12.0 Å². The number of benzene rings is 1. The Morgan fingerprint density at radius 2 is 2.25 bits per heavy atom. The molecule has 1 rings (SSSR count). The van der Waals surface area contributed by atoms with Crippen LogP contribution in [0.5, 0.6) is 11.5 Å². The lowest BCUT2D eigenvalue weighted by atomic mass is 10.1. The third-order valence-electron chi connectivity index (χ3n) is 2.11. The van der Waals surface area contributed by atoms with Gasteiger partial charge in [-0.3, -0.25) is 4.79 Å². The van der Waals surface area contributed by atoms with Crippen LogP contribution >= 0.6 is 15.9 Å². The molecule has 1 aromatic rings. The number of hydrogen-bond donors (Lipinski definition) is 3. The van der Waals surface area contributed by atoms with Crippen molar-refractivity contribution >= 4 is 21.9 Å². The minimum absolute atomic E-state index is 0.0162. The number of aromatic hydroxyl groups is 1. The fourth-order valence-electron chi connectivity index (χ4n) is 1.23. The highest BCUT2D eigenvalue weighted by Crippen LogP contribution is 2.33. The van der Waals surface area contributed by atoms with E-state index in [0.717, 1.165) is 0 Å². The largest absolute Gasteiger partial charge is 0.506 e. The highest BCUT2D eigenvalue weighted by molar-refractivity contribution is 9.10. The molecule has 0 radical (unpaired) electrons. The standard InChI is InChI=1S/C10H12BrNO4/c1-16-6-2-5(3-8(12)10(14)15)9(13)7(11)4-6/h2,4,8,13H,3,12H2,1H3,(H,14,15). The quantitative estimate of drug-likeness (QED) is 0.772. The number of carboxylic acids is 1. The SMILES string of the molecule is COc1cc(Br)c(O)c(CC(N)C(=O)O)c1. The molecular formula is C10H12BrNO4. The zero-order valence-electron chi connectivity index (χ0n) is 8.61. The van der Waals surface area contributed by atoms with E-state index in [-0.39, 0.29) is 12.2 Å². The maximum atomic E-state index is 10.6. The molecule has 6 heteroatoms. The number of rotatable bonds is 4. The van der Waals surface area contributed by atoms with Gasteiger partial charge >= 0.3 is 5.97 Å². The number of nitrogens with two attached hydrogens (primary N) is 1. The fourth-order valence-corrected chi connectivity index (χ4v) is 1.71. The third kappa shape index (κ3) is 2.86. The first kappa shape index (κ1) is 12.8. The van der Waals surface area contributed by atoms with E-state index >= 15 is 0 Å². The van der Waals surface area contributed by atoms with Gasteiger partial charge in [-0.05, 0) is 28.1 Å². The van der Waals surface area contributed by atoms with Gasteiger partial charge in [-0.2, -0.15) is 0 Å². The van der Waals surface area contributed by atoms with E-state index in [1.165, 1.54) is 7.11 Å². The second-order valence-electron chi connectivity index (χ2n) is 3.27. The summed E-state index contributed by atoms with van der Waals surface area (Å²) in [7, 11) is 1.49. The number of halogens is 1. The first-order valence-corrected chi connectivity index (χ1v) is 5.28. The Labute approximate surface area is 101 Å². The molecule has 1 unspecified atom stereocenters. The highest BCUT2D eigenvalue weighted by Gasteiger charge is 2.16. The van der Waals surface area contributed by atoms with Crippen LogP contribution in [-0.2, 0) is 11.2 Å². The molecule has 0 amide bonds. The molecule has 16 heavy (non-hydrogen) atoms. The Morgan fingerprint density at radius 1 is 1.62 bits per heavy atom. The molecule has 1 atom stereocenters. The van der Waals surface area contributed by atoms with Gasteiger partial charge in [-0.15, -0.1) is 0 Å². The summed E-state index contributed by atoms with van der Waals surface area (Å²) in [5, 5.41) is 18.4. The Kier molecular flexibility index (Phi) is 4.14. The van der Waals surface area contributed by atoms with Gasteiger partial charge in [0.05, 0.1) is 11.6 Å². The van der Waals surface area contributed by atoms with Gasteiger partial charge in [0.25, 0.3) is 0 Å². The van der Waals surface area contributed by atoms with Gasteiger partial charge < -0.3 is 20.7 Å².